The van der Waals surface area contributed by atoms with Crippen LogP contribution < -0.4 is 5.43 Å². The first-order valence-electron chi connectivity index (χ1n) is 8.86. The van der Waals surface area contributed by atoms with Crippen LogP contribution in [0.4, 0.5) is 0 Å². The first kappa shape index (κ1) is 16.7. The van der Waals surface area contributed by atoms with Gasteiger partial charge < -0.3 is 4.57 Å². The molecule has 1 fully saturated rings. The van der Waals surface area contributed by atoms with Crippen LogP contribution in [0.15, 0.2) is 23.3 Å². The number of fused-ring (bicyclic) bond motifs is 1. The normalized spacial score (nSPS) is 22.9. The van der Waals surface area contributed by atoms with Gasteiger partial charge in [-0.1, -0.05) is 20.3 Å². The number of aromatic nitrogens is 2. The second-order valence-electron chi connectivity index (χ2n) is 6.82. The molecule has 1 saturated carbocycles. The van der Waals surface area contributed by atoms with Crippen molar-refractivity contribution in [2.75, 3.05) is 0 Å². The Morgan fingerprint density at radius 2 is 2.04 bits per heavy atom. The van der Waals surface area contributed by atoms with Crippen molar-refractivity contribution in [2.24, 2.45) is 16.9 Å². The number of rotatable bonds is 3. The second kappa shape index (κ2) is 6.75. The number of hydrogen-bond donors (Lipinski definition) is 1. The van der Waals surface area contributed by atoms with Crippen LogP contribution in [0.25, 0.3) is 11.0 Å². The molecule has 0 bridgehead atoms. The van der Waals surface area contributed by atoms with E-state index in [4.69, 9.17) is 0 Å². The summed E-state index contributed by atoms with van der Waals surface area (Å²) in [6.07, 6.45) is 3.54. The molecule has 2 atom stereocenters. The number of aryl methyl sites for hydroxylation is 2. The average molecular weight is 326 g/mol. The maximum Gasteiger partial charge on any atom is 0.271 e. The van der Waals surface area contributed by atoms with Crippen molar-refractivity contribution >= 4 is 22.7 Å². The molecule has 1 heterocycles. The number of benzene rings is 1. The van der Waals surface area contributed by atoms with Gasteiger partial charge in [-0.25, -0.2) is 10.4 Å². The Morgan fingerprint density at radius 3 is 2.71 bits per heavy atom. The predicted octanol–water partition coefficient (Wildman–Crippen LogP) is 3.91. The van der Waals surface area contributed by atoms with E-state index >= 15 is 0 Å². The summed E-state index contributed by atoms with van der Waals surface area (Å²) in [5.41, 5.74) is 6.38. The summed E-state index contributed by atoms with van der Waals surface area (Å²) in [5, 5.41) is 4.43. The van der Waals surface area contributed by atoms with E-state index in [1.165, 1.54) is 6.42 Å². The van der Waals surface area contributed by atoms with E-state index < -0.39 is 0 Å². The highest BCUT2D eigenvalue weighted by atomic mass is 16.2. The minimum absolute atomic E-state index is 0.168. The third kappa shape index (κ3) is 3.07. The quantitative estimate of drug-likeness (QED) is 0.869. The molecule has 1 aromatic carbocycles. The van der Waals surface area contributed by atoms with E-state index in [0.717, 1.165) is 42.0 Å². The number of carbonyl (C=O) groups is 1. The molecule has 0 radical (unpaired) electrons. The number of amides is 1. The van der Waals surface area contributed by atoms with Gasteiger partial charge in [-0.2, -0.15) is 5.10 Å². The van der Waals surface area contributed by atoms with E-state index in [-0.39, 0.29) is 5.91 Å². The van der Waals surface area contributed by atoms with Gasteiger partial charge in [0.2, 0.25) is 0 Å². The van der Waals surface area contributed by atoms with Crippen LogP contribution in [0.1, 0.15) is 56.2 Å². The van der Waals surface area contributed by atoms with Crippen LogP contribution in [-0.4, -0.2) is 21.2 Å². The van der Waals surface area contributed by atoms with Gasteiger partial charge >= 0.3 is 0 Å². The lowest BCUT2D eigenvalue weighted by molar-refractivity contribution is 0.0954. The predicted molar refractivity (Wildman–Crippen MR) is 97.2 cm³/mol. The van der Waals surface area contributed by atoms with Crippen molar-refractivity contribution in [3.05, 3.63) is 29.6 Å². The van der Waals surface area contributed by atoms with Crippen LogP contribution in [0, 0.1) is 18.8 Å². The zero-order valence-corrected chi connectivity index (χ0v) is 15.0. The van der Waals surface area contributed by atoms with Crippen molar-refractivity contribution in [2.45, 2.75) is 53.5 Å². The highest BCUT2D eigenvalue weighted by Crippen LogP contribution is 2.26. The van der Waals surface area contributed by atoms with Gasteiger partial charge in [-0.3, -0.25) is 4.79 Å². The number of nitrogens with zero attached hydrogens (tertiary/aromatic N) is 3. The highest BCUT2D eigenvalue weighted by Gasteiger charge is 2.23. The first-order valence-corrected chi connectivity index (χ1v) is 8.86. The van der Waals surface area contributed by atoms with E-state index in [2.05, 4.69) is 40.8 Å². The van der Waals surface area contributed by atoms with Gasteiger partial charge in [0.15, 0.2) is 0 Å². The Hall–Kier alpha value is -2.17. The topological polar surface area (TPSA) is 59.3 Å². The lowest BCUT2D eigenvalue weighted by Crippen LogP contribution is -2.29. The van der Waals surface area contributed by atoms with E-state index in [1.54, 1.807) is 0 Å². The maximum atomic E-state index is 12.5. The fourth-order valence-electron chi connectivity index (χ4n) is 3.70. The van der Waals surface area contributed by atoms with Crippen LogP contribution in [-0.2, 0) is 6.54 Å². The van der Waals surface area contributed by atoms with Gasteiger partial charge in [0.1, 0.15) is 5.82 Å². The molecule has 0 aliphatic heterocycles. The number of imidazole rings is 1. The largest absolute Gasteiger partial charge is 0.329 e. The minimum Gasteiger partial charge on any atom is -0.329 e. The fourth-order valence-corrected chi connectivity index (χ4v) is 3.70. The molecule has 0 spiro atoms. The van der Waals surface area contributed by atoms with Crippen LogP contribution in [0.2, 0.25) is 0 Å². The Balaban J connectivity index is 1.81. The lowest BCUT2D eigenvalue weighted by atomic mass is 9.81. The SMILES string of the molecule is CCn1c(C)nc2cc(C(=O)NN=C3[C@H](C)CCC[C@@H]3C)ccc21. The molecule has 1 aromatic heterocycles. The van der Waals surface area contributed by atoms with Crippen molar-refractivity contribution < 1.29 is 4.79 Å². The fraction of sp³-hybridized carbons (Fsp3) is 0.526. The molecule has 0 saturated heterocycles. The molecular formula is C19H26N4O. The number of nitrogens with one attached hydrogen (secondary N) is 1. The van der Waals surface area contributed by atoms with Crippen molar-refractivity contribution in [1.29, 1.82) is 0 Å². The zero-order valence-electron chi connectivity index (χ0n) is 15.0. The minimum atomic E-state index is -0.168. The molecule has 1 aliphatic carbocycles. The zero-order chi connectivity index (χ0) is 17.3. The summed E-state index contributed by atoms with van der Waals surface area (Å²) in [7, 11) is 0. The number of hydrazone groups is 1. The molecule has 1 aliphatic rings. The van der Waals surface area contributed by atoms with Crippen LogP contribution in [0.5, 0.6) is 0 Å². The molecule has 128 valence electrons. The van der Waals surface area contributed by atoms with E-state index in [0.29, 0.717) is 17.4 Å². The summed E-state index contributed by atoms with van der Waals surface area (Å²) < 4.78 is 2.14. The number of hydrogen-bond acceptors (Lipinski definition) is 3. The molecule has 5 nitrogen and oxygen atoms in total. The molecule has 2 aromatic rings. The van der Waals surface area contributed by atoms with Crippen molar-refractivity contribution in [1.82, 2.24) is 15.0 Å². The Labute approximate surface area is 143 Å². The smallest absolute Gasteiger partial charge is 0.271 e. The second-order valence-corrected chi connectivity index (χ2v) is 6.82. The number of carbonyl (C=O) groups excluding carboxylic acids is 1. The molecule has 24 heavy (non-hydrogen) atoms. The van der Waals surface area contributed by atoms with Gasteiger partial charge in [-0.15, -0.1) is 0 Å². The highest BCUT2D eigenvalue weighted by molar-refractivity contribution is 5.98. The summed E-state index contributed by atoms with van der Waals surface area (Å²) in [6, 6.07) is 5.66. The summed E-state index contributed by atoms with van der Waals surface area (Å²) in [6.45, 7) is 9.33. The Kier molecular flexibility index (Phi) is 4.69. The van der Waals surface area contributed by atoms with Gasteiger partial charge in [0, 0.05) is 17.8 Å². The molecule has 1 amide bonds. The standard InChI is InChI=1S/C19H26N4O/c1-5-23-14(4)20-16-11-15(9-10-17(16)23)19(24)22-21-18-12(2)7-6-8-13(18)3/h9-13H,5-8H2,1-4H3,(H,22,24)/t12-,13+. The first-order chi connectivity index (χ1) is 11.5. The molecule has 1 N–H and O–H groups in total. The van der Waals surface area contributed by atoms with Gasteiger partial charge in [-0.05, 0) is 56.7 Å². The van der Waals surface area contributed by atoms with Gasteiger partial charge in [0.25, 0.3) is 5.91 Å². The molecule has 5 heteroatoms. The summed E-state index contributed by atoms with van der Waals surface area (Å²) in [5.74, 6) is 1.69. The van der Waals surface area contributed by atoms with E-state index in [1.807, 2.05) is 25.1 Å². The Morgan fingerprint density at radius 1 is 1.33 bits per heavy atom. The van der Waals surface area contributed by atoms with Gasteiger partial charge in [0.05, 0.1) is 11.0 Å². The van der Waals surface area contributed by atoms with Crippen molar-refractivity contribution in [3.63, 3.8) is 0 Å². The summed E-state index contributed by atoms with van der Waals surface area (Å²) in [4.78, 5) is 17.0. The molecule has 0 unspecified atom stereocenters. The summed E-state index contributed by atoms with van der Waals surface area (Å²) >= 11 is 0. The third-order valence-electron chi connectivity index (χ3n) is 5.09. The third-order valence-corrected chi connectivity index (χ3v) is 5.09. The van der Waals surface area contributed by atoms with Crippen molar-refractivity contribution in [3.8, 4) is 0 Å². The molecule has 3 rings (SSSR count). The van der Waals surface area contributed by atoms with E-state index in [9.17, 15) is 4.79 Å². The van der Waals surface area contributed by atoms with Crippen LogP contribution in [0.3, 0.4) is 0 Å². The molecular weight excluding hydrogens is 300 g/mol. The lowest BCUT2D eigenvalue weighted by Gasteiger charge is -2.26. The Bertz CT molecular complexity index is 778. The maximum absolute atomic E-state index is 12.5. The average Bonchev–Trinajstić information content (AvgIpc) is 2.88. The monoisotopic (exact) mass is 326 g/mol. The van der Waals surface area contributed by atoms with Crippen LogP contribution >= 0.6 is 0 Å².